The summed E-state index contributed by atoms with van der Waals surface area (Å²) in [6, 6.07) is 15.0. The Morgan fingerprint density at radius 3 is 1.23 bits per heavy atom. The van der Waals surface area contributed by atoms with Gasteiger partial charge in [-0.2, -0.15) is 0 Å². The van der Waals surface area contributed by atoms with Crippen molar-refractivity contribution < 1.29 is 19.1 Å². The summed E-state index contributed by atoms with van der Waals surface area (Å²) in [7, 11) is 0. The molecule has 0 saturated heterocycles. The van der Waals surface area contributed by atoms with E-state index in [1.807, 2.05) is 48.5 Å². The largest absolute Gasteiger partial charge is 0.494 e. The molecule has 2 N–H and O–H groups in total. The van der Waals surface area contributed by atoms with E-state index in [9.17, 15) is 9.59 Å². The number of ketones is 2. The van der Waals surface area contributed by atoms with Crippen molar-refractivity contribution in [1.29, 1.82) is 0 Å². The summed E-state index contributed by atoms with van der Waals surface area (Å²) >= 11 is 0. The van der Waals surface area contributed by atoms with Crippen LogP contribution in [0.1, 0.15) is 115 Å². The second kappa shape index (κ2) is 19.1. The van der Waals surface area contributed by atoms with Gasteiger partial charge in [0, 0.05) is 47.1 Å². The van der Waals surface area contributed by atoms with Gasteiger partial charge in [-0.1, -0.05) is 26.7 Å². The minimum absolute atomic E-state index is 0. The molecular formula is C36H57ClN2O4. The Bertz CT molecular complexity index is 985. The van der Waals surface area contributed by atoms with Crippen molar-refractivity contribution in [2.45, 2.75) is 105 Å². The average molecular weight is 617 g/mol. The lowest BCUT2D eigenvalue weighted by molar-refractivity contribution is 0.0858. The van der Waals surface area contributed by atoms with E-state index in [-0.39, 0.29) is 46.9 Å². The lowest BCUT2D eigenvalue weighted by Gasteiger charge is -2.28. The topological polar surface area (TPSA) is 76.7 Å². The number of carbonyl (C=O) groups is 2. The summed E-state index contributed by atoms with van der Waals surface area (Å²) in [6.07, 6.45) is 5.37. The number of rotatable bonds is 19. The molecule has 2 aromatic carbocycles. The van der Waals surface area contributed by atoms with Gasteiger partial charge >= 0.3 is 0 Å². The van der Waals surface area contributed by atoms with Gasteiger partial charge in [0.15, 0.2) is 11.6 Å². The minimum Gasteiger partial charge on any atom is -0.494 e. The Morgan fingerprint density at radius 2 is 0.953 bits per heavy atom. The Morgan fingerprint density at radius 1 is 0.628 bits per heavy atom. The van der Waals surface area contributed by atoms with Crippen LogP contribution in [-0.4, -0.2) is 48.9 Å². The van der Waals surface area contributed by atoms with E-state index in [2.05, 4.69) is 66.0 Å². The van der Waals surface area contributed by atoms with Gasteiger partial charge in [-0.3, -0.25) is 9.59 Å². The maximum absolute atomic E-state index is 13.8. The van der Waals surface area contributed by atoms with E-state index in [4.69, 9.17) is 9.47 Å². The van der Waals surface area contributed by atoms with Crippen molar-refractivity contribution in [1.82, 2.24) is 10.6 Å². The van der Waals surface area contributed by atoms with Gasteiger partial charge < -0.3 is 20.1 Å². The molecule has 0 saturated carbocycles. The number of halogens is 1. The van der Waals surface area contributed by atoms with E-state index < -0.39 is 0 Å². The highest BCUT2D eigenvalue weighted by Crippen LogP contribution is 2.24. The van der Waals surface area contributed by atoms with E-state index in [1.54, 1.807) is 0 Å². The summed E-state index contributed by atoms with van der Waals surface area (Å²) in [5.41, 5.74) is 1.10. The first-order valence-electron chi connectivity index (χ1n) is 15.9. The summed E-state index contributed by atoms with van der Waals surface area (Å²) < 4.78 is 11.6. The van der Waals surface area contributed by atoms with Gasteiger partial charge in [0.25, 0.3) is 0 Å². The highest BCUT2D eigenvalue weighted by atomic mass is 35.5. The fraction of sp³-hybridized carbons (Fsp3) is 0.611. The highest BCUT2D eigenvalue weighted by Gasteiger charge is 2.27. The number of nitrogens with one attached hydrogen (secondary N) is 2. The molecule has 0 heterocycles. The van der Waals surface area contributed by atoms with Crippen LogP contribution >= 0.6 is 12.4 Å². The van der Waals surface area contributed by atoms with Crippen LogP contribution in [0.4, 0.5) is 0 Å². The van der Waals surface area contributed by atoms with Gasteiger partial charge in [-0.15, -0.1) is 12.4 Å². The number of carbonyl (C=O) groups excluding carboxylic acids is 2. The first-order chi connectivity index (χ1) is 19.8. The maximum atomic E-state index is 13.8. The fourth-order valence-electron chi connectivity index (χ4n) is 4.48. The first-order valence-corrected chi connectivity index (χ1v) is 15.9. The van der Waals surface area contributed by atoms with Gasteiger partial charge in [0.2, 0.25) is 0 Å². The lowest BCUT2D eigenvalue weighted by Crippen LogP contribution is -2.42. The zero-order valence-electron chi connectivity index (χ0n) is 27.9. The molecule has 2 aromatic rings. The van der Waals surface area contributed by atoms with Gasteiger partial charge in [0.1, 0.15) is 11.5 Å². The molecule has 0 fully saturated rings. The Balaban J connectivity index is 0.00000924. The van der Waals surface area contributed by atoms with Crippen LogP contribution in [0.2, 0.25) is 0 Å². The molecular weight excluding hydrogens is 560 g/mol. The molecule has 242 valence electrons. The molecule has 2 atom stereocenters. The zero-order valence-corrected chi connectivity index (χ0v) is 28.7. The van der Waals surface area contributed by atoms with E-state index in [0.717, 1.165) is 37.2 Å². The molecule has 0 aliphatic heterocycles. The number of ether oxygens (including phenoxy) is 2. The molecule has 0 aromatic heterocycles. The summed E-state index contributed by atoms with van der Waals surface area (Å²) in [6.45, 7) is 19.3. The van der Waals surface area contributed by atoms with Crippen LogP contribution in [0, 0.1) is 11.8 Å². The van der Waals surface area contributed by atoms with E-state index in [1.165, 1.54) is 0 Å². The van der Waals surface area contributed by atoms with Crippen molar-refractivity contribution in [2.24, 2.45) is 11.8 Å². The van der Waals surface area contributed by atoms with Crippen molar-refractivity contribution in [3.8, 4) is 11.5 Å². The third-order valence-corrected chi connectivity index (χ3v) is 7.17. The third-order valence-electron chi connectivity index (χ3n) is 7.17. The van der Waals surface area contributed by atoms with E-state index >= 15 is 0 Å². The standard InChI is InChI=1S/C36H56N2O4.ClH/c1-9-11-23-41-31-19-15-27(16-20-31)33(39)29(25-37-35(3,4)5)13-14-30(26-38-36(6,7)8)34(40)28-17-21-32(22-18-28)42-24-12-10-2;/h15-22,29-30,37-38H,9-14,23-26H2,1-8H3;1H. The smallest absolute Gasteiger partial charge is 0.167 e. The monoisotopic (exact) mass is 616 g/mol. The SMILES string of the molecule is CCCCOc1ccc(C(=O)C(CCC(CNC(C)(C)C)C(=O)c2ccc(OCCCC)cc2)CNC(C)(C)C)cc1.Cl. The molecule has 0 aliphatic carbocycles. The predicted octanol–water partition coefficient (Wildman–Crippen LogP) is 8.32. The minimum atomic E-state index is -0.254. The van der Waals surface area contributed by atoms with Crippen molar-refractivity contribution in [3.63, 3.8) is 0 Å². The molecule has 7 heteroatoms. The molecule has 2 unspecified atom stereocenters. The number of unbranched alkanes of at least 4 members (excludes halogenated alkanes) is 2. The number of Topliss-reactive ketones (excluding diaryl/α,β-unsaturated/α-hetero) is 2. The van der Waals surface area contributed by atoms with Gasteiger partial charge in [-0.25, -0.2) is 0 Å². The third kappa shape index (κ3) is 15.2. The van der Waals surface area contributed by atoms with Crippen LogP contribution < -0.4 is 20.1 Å². The van der Waals surface area contributed by atoms with E-state index in [0.29, 0.717) is 50.3 Å². The molecule has 43 heavy (non-hydrogen) atoms. The van der Waals surface area contributed by atoms with Crippen molar-refractivity contribution >= 4 is 24.0 Å². The highest BCUT2D eigenvalue weighted by molar-refractivity contribution is 5.99. The molecule has 0 radical (unpaired) electrons. The normalized spacial score (nSPS) is 13.1. The predicted molar refractivity (Wildman–Crippen MR) is 181 cm³/mol. The fourth-order valence-corrected chi connectivity index (χ4v) is 4.48. The summed E-state index contributed by atoms with van der Waals surface area (Å²) in [5, 5.41) is 7.05. The summed E-state index contributed by atoms with van der Waals surface area (Å²) in [5.74, 6) is 1.24. The first kappa shape index (κ1) is 38.6. The quantitative estimate of drug-likeness (QED) is 0.122. The van der Waals surface area contributed by atoms with Gasteiger partial charge in [0.05, 0.1) is 13.2 Å². The van der Waals surface area contributed by atoms with Crippen LogP contribution in [0.25, 0.3) is 0 Å². The maximum Gasteiger partial charge on any atom is 0.167 e. The van der Waals surface area contributed by atoms with Gasteiger partial charge in [-0.05, 0) is 116 Å². The molecule has 0 amide bonds. The Labute approximate surface area is 267 Å². The second-order valence-corrected chi connectivity index (χ2v) is 13.4. The molecule has 0 spiro atoms. The van der Waals surface area contributed by atoms with Crippen LogP contribution in [0.5, 0.6) is 11.5 Å². The van der Waals surface area contributed by atoms with Crippen LogP contribution in [0.3, 0.4) is 0 Å². The molecule has 0 aliphatic rings. The second-order valence-electron chi connectivity index (χ2n) is 13.4. The van der Waals surface area contributed by atoms with Crippen molar-refractivity contribution in [3.05, 3.63) is 59.7 Å². The zero-order chi connectivity index (χ0) is 31.2. The number of hydrogen-bond donors (Lipinski definition) is 2. The summed E-state index contributed by atoms with van der Waals surface area (Å²) in [4.78, 5) is 27.5. The number of benzene rings is 2. The Hall–Kier alpha value is -2.41. The number of hydrogen-bond acceptors (Lipinski definition) is 6. The Kier molecular flexibility index (Phi) is 17.1. The lowest BCUT2D eigenvalue weighted by atomic mass is 9.85. The van der Waals surface area contributed by atoms with Crippen LogP contribution in [-0.2, 0) is 0 Å². The molecule has 2 rings (SSSR count). The van der Waals surface area contributed by atoms with Crippen molar-refractivity contribution in [2.75, 3.05) is 26.3 Å². The average Bonchev–Trinajstić information content (AvgIpc) is 2.94. The molecule has 6 nitrogen and oxygen atoms in total. The molecule has 0 bridgehead atoms. The van der Waals surface area contributed by atoms with Crippen LogP contribution in [0.15, 0.2) is 48.5 Å².